The van der Waals surface area contributed by atoms with Crippen molar-refractivity contribution in [2.45, 2.75) is 0 Å². The average molecular weight is 331 g/mol. The summed E-state index contributed by atoms with van der Waals surface area (Å²) in [6, 6.07) is 14.0. The van der Waals surface area contributed by atoms with Gasteiger partial charge in [0, 0.05) is 17.7 Å². The summed E-state index contributed by atoms with van der Waals surface area (Å²) >= 11 is 5.62. The van der Waals surface area contributed by atoms with Gasteiger partial charge < -0.3 is 13.9 Å². The van der Waals surface area contributed by atoms with E-state index < -0.39 is 0 Å². The molecule has 5 heteroatoms. The lowest BCUT2D eigenvalue weighted by Crippen LogP contribution is -2.02. The van der Waals surface area contributed by atoms with Crippen LogP contribution in [0.25, 0.3) is 22.3 Å². The minimum absolute atomic E-state index is 0.0963. The molecular weight excluding hydrogens is 316 g/mol. The zero-order chi connectivity index (χ0) is 16.2. The predicted molar refractivity (Wildman–Crippen MR) is 90.7 cm³/mol. The molecule has 0 aliphatic carbocycles. The first-order valence-electron chi connectivity index (χ1n) is 7.12. The van der Waals surface area contributed by atoms with Gasteiger partial charge in [0.1, 0.15) is 29.4 Å². The summed E-state index contributed by atoms with van der Waals surface area (Å²) in [6.07, 6.45) is 0. The Bertz CT molecular complexity index is 868. The van der Waals surface area contributed by atoms with Gasteiger partial charge in [-0.15, -0.1) is 11.6 Å². The van der Waals surface area contributed by atoms with Gasteiger partial charge in [-0.1, -0.05) is 0 Å². The van der Waals surface area contributed by atoms with Crippen LogP contribution in [0.4, 0.5) is 0 Å². The Labute approximate surface area is 138 Å². The van der Waals surface area contributed by atoms with Crippen molar-refractivity contribution in [1.29, 1.82) is 0 Å². The number of hydrogen-bond donors (Lipinski definition) is 0. The highest BCUT2D eigenvalue weighted by atomic mass is 35.5. The number of fused-ring (bicyclic) bond motifs is 1. The molecule has 0 unspecified atom stereocenters. The van der Waals surface area contributed by atoms with Crippen LogP contribution in [0.1, 0.15) is 0 Å². The van der Waals surface area contributed by atoms with E-state index >= 15 is 0 Å². The first-order valence-corrected chi connectivity index (χ1v) is 7.66. The fourth-order valence-corrected chi connectivity index (χ4v) is 2.36. The highest BCUT2D eigenvalue weighted by molar-refractivity contribution is 6.18. The third-order valence-electron chi connectivity index (χ3n) is 3.42. The van der Waals surface area contributed by atoms with Crippen LogP contribution < -0.4 is 14.9 Å². The van der Waals surface area contributed by atoms with Crippen molar-refractivity contribution in [2.24, 2.45) is 0 Å². The molecule has 3 aromatic rings. The number of halogens is 1. The lowest BCUT2D eigenvalue weighted by atomic mass is 10.1. The Balaban J connectivity index is 2.05. The largest absolute Gasteiger partial charge is 0.497 e. The zero-order valence-electron chi connectivity index (χ0n) is 12.5. The van der Waals surface area contributed by atoms with Crippen molar-refractivity contribution in [2.75, 3.05) is 19.6 Å². The van der Waals surface area contributed by atoms with Crippen LogP contribution in [0.2, 0.25) is 0 Å². The van der Waals surface area contributed by atoms with Gasteiger partial charge in [-0.2, -0.15) is 0 Å². The second-order valence-electron chi connectivity index (χ2n) is 4.90. The molecule has 118 valence electrons. The first kappa shape index (κ1) is 15.4. The molecule has 4 nitrogen and oxygen atoms in total. The maximum absolute atomic E-state index is 12.3. The van der Waals surface area contributed by atoms with Crippen molar-refractivity contribution in [3.63, 3.8) is 0 Å². The number of methoxy groups -OCH3 is 1. The number of ether oxygens (including phenoxy) is 2. The topological polar surface area (TPSA) is 48.7 Å². The van der Waals surface area contributed by atoms with E-state index in [1.807, 2.05) is 24.3 Å². The van der Waals surface area contributed by atoms with E-state index in [2.05, 4.69) is 0 Å². The predicted octanol–water partition coefficient (Wildman–Crippen LogP) is 4.09. The van der Waals surface area contributed by atoms with E-state index in [4.69, 9.17) is 25.5 Å². The molecule has 0 saturated carbocycles. The number of alkyl halides is 1. The normalized spacial score (nSPS) is 10.7. The van der Waals surface area contributed by atoms with Gasteiger partial charge in [0.25, 0.3) is 0 Å². The molecular formula is C18H15ClO4. The van der Waals surface area contributed by atoms with E-state index in [0.29, 0.717) is 35.0 Å². The van der Waals surface area contributed by atoms with E-state index in [-0.39, 0.29) is 5.43 Å². The minimum Gasteiger partial charge on any atom is -0.497 e. The van der Waals surface area contributed by atoms with Gasteiger partial charge in [0.2, 0.25) is 0 Å². The van der Waals surface area contributed by atoms with Crippen molar-refractivity contribution < 1.29 is 13.9 Å². The lowest BCUT2D eigenvalue weighted by Gasteiger charge is -2.07. The minimum atomic E-state index is -0.0963. The van der Waals surface area contributed by atoms with E-state index in [9.17, 15) is 4.79 Å². The summed E-state index contributed by atoms with van der Waals surface area (Å²) in [6.45, 7) is 0.398. The maximum Gasteiger partial charge on any atom is 0.193 e. The highest BCUT2D eigenvalue weighted by Gasteiger charge is 2.08. The molecule has 0 saturated heterocycles. The molecule has 0 N–H and O–H groups in total. The molecule has 1 heterocycles. The van der Waals surface area contributed by atoms with Crippen molar-refractivity contribution >= 4 is 22.6 Å². The molecule has 0 fully saturated rings. The summed E-state index contributed by atoms with van der Waals surface area (Å²) in [5.41, 5.74) is 1.19. The molecule has 1 aromatic heterocycles. The van der Waals surface area contributed by atoms with Crippen LogP contribution in [-0.4, -0.2) is 19.6 Å². The number of hydrogen-bond acceptors (Lipinski definition) is 4. The van der Waals surface area contributed by atoms with Crippen LogP contribution in [0.5, 0.6) is 11.5 Å². The third kappa shape index (κ3) is 3.32. The monoisotopic (exact) mass is 330 g/mol. The third-order valence-corrected chi connectivity index (χ3v) is 3.58. The first-order chi connectivity index (χ1) is 11.2. The molecule has 0 atom stereocenters. The standard InChI is InChI=1S/C18H15ClO4/c1-21-13-4-2-12(3-5-13)17-11-16(20)15-7-6-14(22-9-8-19)10-18(15)23-17/h2-7,10-11H,8-9H2,1H3. The maximum atomic E-state index is 12.3. The van der Waals surface area contributed by atoms with Crippen LogP contribution in [0.3, 0.4) is 0 Å². The fourth-order valence-electron chi connectivity index (χ4n) is 2.28. The second kappa shape index (κ2) is 6.75. The Kier molecular flexibility index (Phi) is 4.53. The molecule has 3 rings (SSSR count). The van der Waals surface area contributed by atoms with Crippen LogP contribution >= 0.6 is 11.6 Å². The Morgan fingerprint density at radius 3 is 2.48 bits per heavy atom. The Hall–Kier alpha value is -2.46. The molecule has 0 bridgehead atoms. The van der Waals surface area contributed by atoms with E-state index in [1.54, 1.807) is 25.3 Å². The fraction of sp³-hybridized carbons (Fsp3) is 0.167. The van der Waals surface area contributed by atoms with Crippen molar-refractivity contribution in [1.82, 2.24) is 0 Å². The summed E-state index contributed by atoms with van der Waals surface area (Å²) in [7, 11) is 1.60. The second-order valence-corrected chi connectivity index (χ2v) is 5.28. The van der Waals surface area contributed by atoms with Gasteiger partial charge >= 0.3 is 0 Å². The quantitative estimate of drug-likeness (QED) is 0.661. The zero-order valence-corrected chi connectivity index (χ0v) is 13.3. The summed E-state index contributed by atoms with van der Waals surface area (Å²) in [5, 5.41) is 0.514. The Morgan fingerprint density at radius 2 is 1.78 bits per heavy atom. The summed E-state index contributed by atoms with van der Waals surface area (Å²) in [5.74, 6) is 2.26. The van der Waals surface area contributed by atoms with Gasteiger partial charge in [0.05, 0.1) is 18.4 Å². The van der Waals surface area contributed by atoms with Crippen LogP contribution in [0, 0.1) is 0 Å². The molecule has 0 radical (unpaired) electrons. The van der Waals surface area contributed by atoms with E-state index in [1.165, 1.54) is 6.07 Å². The van der Waals surface area contributed by atoms with Crippen molar-refractivity contribution in [3.8, 4) is 22.8 Å². The molecule has 0 amide bonds. The highest BCUT2D eigenvalue weighted by Crippen LogP contribution is 2.26. The summed E-state index contributed by atoms with van der Waals surface area (Å²) in [4.78, 5) is 12.3. The molecule has 2 aromatic carbocycles. The Morgan fingerprint density at radius 1 is 1.04 bits per heavy atom. The SMILES string of the molecule is COc1ccc(-c2cc(=O)c3ccc(OCCCl)cc3o2)cc1. The molecule has 0 aliphatic rings. The van der Waals surface area contributed by atoms with Gasteiger partial charge in [-0.3, -0.25) is 4.79 Å². The lowest BCUT2D eigenvalue weighted by molar-refractivity contribution is 0.342. The van der Waals surface area contributed by atoms with E-state index in [0.717, 1.165) is 11.3 Å². The average Bonchev–Trinajstić information content (AvgIpc) is 2.59. The van der Waals surface area contributed by atoms with Crippen LogP contribution in [0.15, 0.2) is 57.7 Å². The van der Waals surface area contributed by atoms with Gasteiger partial charge in [0.15, 0.2) is 5.43 Å². The molecule has 23 heavy (non-hydrogen) atoms. The van der Waals surface area contributed by atoms with Gasteiger partial charge in [-0.25, -0.2) is 0 Å². The molecule has 0 aliphatic heterocycles. The van der Waals surface area contributed by atoms with Crippen LogP contribution in [-0.2, 0) is 0 Å². The smallest absolute Gasteiger partial charge is 0.193 e. The van der Waals surface area contributed by atoms with Gasteiger partial charge in [-0.05, 0) is 36.4 Å². The summed E-state index contributed by atoms with van der Waals surface area (Å²) < 4.78 is 16.5. The molecule has 0 spiro atoms. The number of rotatable bonds is 5. The van der Waals surface area contributed by atoms with Crippen molar-refractivity contribution in [3.05, 3.63) is 58.8 Å². The number of benzene rings is 2.